The summed E-state index contributed by atoms with van der Waals surface area (Å²) >= 11 is 3.25. The highest BCUT2D eigenvalue weighted by molar-refractivity contribution is 9.10. The molecule has 1 N–H and O–H groups in total. The van der Waals surface area contributed by atoms with Crippen molar-refractivity contribution in [2.45, 2.75) is 13.2 Å². The van der Waals surface area contributed by atoms with Gasteiger partial charge in [-0.1, -0.05) is 15.9 Å². The van der Waals surface area contributed by atoms with Crippen LogP contribution < -0.4 is 10.1 Å². The van der Waals surface area contributed by atoms with E-state index in [2.05, 4.69) is 31.1 Å². The van der Waals surface area contributed by atoms with Crippen LogP contribution in [-0.2, 0) is 6.54 Å². The Morgan fingerprint density at radius 3 is 2.66 bits per heavy atom. The molecule has 11 heteroatoms. The van der Waals surface area contributed by atoms with Crippen molar-refractivity contribution in [2.24, 2.45) is 0 Å². The normalized spacial score (nSPS) is 10.8. The van der Waals surface area contributed by atoms with E-state index in [-0.39, 0.29) is 23.5 Å². The minimum absolute atomic E-state index is 0.0370. The Kier molecular flexibility index (Phi) is 6.17. The Morgan fingerprint density at radius 1 is 1.28 bits per heavy atom. The van der Waals surface area contributed by atoms with E-state index in [4.69, 9.17) is 0 Å². The van der Waals surface area contributed by atoms with Gasteiger partial charge in [0.05, 0.1) is 22.4 Å². The van der Waals surface area contributed by atoms with Crippen molar-refractivity contribution in [1.29, 1.82) is 0 Å². The van der Waals surface area contributed by atoms with E-state index in [1.807, 2.05) is 0 Å². The first-order chi connectivity index (χ1) is 13.8. The number of halogens is 3. The van der Waals surface area contributed by atoms with Crippen molar-refractivity contribution >= 4 is 27.5 Å². The third kappa shape index (κ3) is 5.13. The van der Waals surface area contributed by atoms with Crippen molar-refractivity contribution in [2.75, 3.05) is 0 Å². The van der Waals surface area contributed by atoms with Crippen molar-refractivity contribution < 1.29 is 23.2 Å². The maximum absolute atomic E-state index is 12.5. The lowest BCUT2D eigenvalue weighted by Gasteiger charge is -2.11. The molecular weight excluding hydrogens is 454 g/mol. The number of hydrogen-bond donors (Lipinski definition) is 1. The highest BCUT2D eigenvalue weighted by Gasteiger charge is 2.14. The minimum atomic E-state index is -2.98. The lowest BCUT2D eigenvalue weighted by molar-refractivity contribution is -0.384. The highest BCUT2D eigenvalue weighted by Crippen LogP contribution is 2.25. The van der Waals surface area contributed by atoms with E-state index < -0.39 is 17.4 Å². The monoisotopic (exact) mass is 466 g/mol. The number of carbonyl (C=O) groups excluding carboxylic acids is 1. The molecule has 0 unspecified atom stereocenters. The summed E-state index contributed by atoms with van der Waals surface area (Å²) in [5, 5.41) is 17.4. The van der Waals surface area contributed by atoms with Gasteiger partial charge in [0, 0.05) is 34.9 Å². The molecule has 3 rings (SSSR count). The molecular formula is C18H13BrF2N4O4. The van der Waals surface area contributed by atoms with Gasteiger partial charge in [-0.3, -0.25) is 14.9 Å². The van der Waals surface area contributed by atoms with Gasteiger partial charge >= 0.3 is 6.61 Å². The number of nitro groups is 1. The zero-order valence-electron chi connectivity index (χ0n) is 14.6. The molecule has 0 aliphatic carbocycles. The van der Waals surface area contributed by atoms with Crippen molar-refractivity contribution in [3.05, 3.63) is 80.6 Å². The number of aromatic nitrogens is 2. The van der Waals surface area contributed by atoms with Gasteiger partial charge in [-0.05, 0) is 30.3 Å². The van der Waals surface area contributed by atoms with E-state index in [0.29, 0.717) is 15.7 Å². The predicted molar refractivity (Wildman–Crippen MR) is 102 cm³/mol. The first-order valence-corrected chi connectivity index (χ1v) is 8.93. The van der Waals surface area contributed by atoms with Crippen molar-refractivity contribution in [3.63, 3.8) is 0 Å². The second kappa shape index (κ2) is 8.78. The number of ether oxygens (including phenoxy) is 1. The van der Waals surface area contributed by atoms with Gasteiger partial charge in [-0.15, -0.1) is 0 Å². The predicted octanol–water partition coefficient (Wildman–Crippen LogP) is 4.07. The zero-order valence-corrected chi connectivity index (χ0v) is 16.2. The maximum atomic E-state index is 12.5. The van der Waals surface area contributed by atoms with Gasteiger partial charge in [-0.25, -0.2) is 4.68 Å². The summed E-state index contributed by atoms with van der Waals surface area (Å²) in [6.07, 6.45) is 2.78. The van der Waals surface area contributed by atoms with Crippen LogP contribution in [0, 0.1) is 10.1 Å². The number of nitrogens with zero attached hydrogens (tertiary/aromatic N) is 3. The van der Waals surface area contributed by atoms with Gasteiger partial charge in [0.25, 0.3) is 11.6 Å². The quantitative estimate of drug-likeness (QED) is 0.417. The summed E-state index contributed by atoms with van der Waals surface area (Å²) in [6, 6.07) is 10.2. The zero-order chi connectivity index (χ0) is 21.0. The molecule has 0 saturated heterocycles. The first-order valence-electron chi connectivity index (χ1n) is 8.14. The number of nitrogens with one attached hydrogen (secondary N) is 1. The topological polar surface area (TPSA) is 99.3 Å². The number of alkyl halides is 2. The lowest BCUT2D eigenvalue weighted by Crippen LogP contribution is -2.23. The number of non-ortho nitro benzene ring substituents is 1. The van der Waals surface area contributed by atoms with Crippen LogP contribution in [0.4, 0.5) is 14.5 Å². The number of nitro benzene ring substituents is 1. The van der Waals surface area contributed by atoms with E-state index >= 15 is 0 Å². The summed E-state index contributed by atoms with van der Waals surface area (Å²) in [5.41, 5.74) is 1.08. The average molecular weight is 467 g/mol. The molecule has 0 spiro atoms. The van der Waals surface area contributed by atoms with Crippen LogP contribution >= 0.6 is 15.9 Å². The van der Waals surface area contributed by atoms with Gasteiger partial charge in [0.1, 0.15) is 5.75 Å². The number of amides is 1. The summed E-state index contributed by atoms with van der Waals surface area (Å²) in [5.74, 6) is -0.508. The lowest BCUT2D eigenvalue weighted by atomic mass is 10.2. The van der Waals surface area contributed by atoms with E-state index in [1.165, 1.54) is 47.4 Å². The maximum Gasteiger partial charge on any atom is 0.387 e. The molecule has 1 heterocycles. The highest BCUT2D eigenvalue weighted by atomic mass is 79.9. The standard InChI is InChI=1S/C18H13BrF2N4O4/c19-13-1-6-16(29-18(20)21)11(7-13)8-22-17(26)12-9-23-24(10-12)14-2-4-15(5-3-14)25(27)28/h1-7,9-10,18H,8H2,(H,22,26). The summed E-state index contributed by atoms with van der Waals surface area (Å²) in [6.45, 7) is -3.02. The van der Waals surface area contributed by atoms with Gasteiger partial charge < -0.3 is 10.1 Å². The molecule has 0 saturated carbocycles. The average Bonchev–Trinajstić information content (AvgIpc) is 3.18. The number of hydrogen-bond acceptors (Lipinski definition) is 5. The Morgan fingerprint density at radius 2 is 2.00 bits per heavy atom. The summed E-state index contributed by atoms with van der Waals surface area (Å²) in [4.78, 5) is 22.6. The summed E-state index contributed by atoms with van der Waals surface area (Å²) < 4.78 is 31.6. The number of carbonyl (C=O) groups is 1. The fourth-order valence-corrected chi connectivity index (χ4v) is 2.89. The second-order valence-corrected chi connectivity index (χ2v) is 6.68. The Labute approximate surface area is 171 Å². The molecule has 2 aromatic carbocycles. The molecule has 0 radical (unpaired) electrons. The largest absolute Gasteiger partial charge is 0.434 e. The SMILES string of the molecule is O=C(NCc1cc(Br)ccc1OC(F)F)c1cnn(-c2ccc([N+](=O)[O-])cc2)c1. The number of rotatable bonds is 7. The van der Waals surface area contributed by atoms with Crippen LogP contribution in [0.3, 0.4) is 0 Å². The molecule has 0 atom stereocenters. The molecule has 0 bridgehead atoms. The third-order valence-corrected chi connectivity index (χ3v) is 4.34. The minimum Gasteiger partial charge on any atom is -0.434 e. The molecule has 0 aliphatic heterocycles. The summed E-state index contributed by atoms with van der Waals surface area (Å²) in [7, 11) is 0. The molecule has 8 nitrogen and oxygen atoms in total. The molecule has 150 valence electrons. The van der Waals surface area contributed by atoms with E-state index in [9.17, 15) is 23.7 Å². The Balaban J connectivity index is 1.70. The van der Waals surface area contributed by atoms with Crippen LogP contribution in [0.2, 0.25) is 0 Å². The Bertz CT molecular complexity index is 1040. The fourth-order valence-electron chi connectivity index (χ4n) is 2.48. The van der Waals surface area contributed by atoms with Crippen LogP contribution in [-0.4, -0.2) is 27.2 Å². The van der Waals surface area contributed by atoms with Gasteiger partial charge in [0.2, 0.25) is 0 Å². The fraction of sp³-hybridized carbons (Fsp3) is 0.111. The van der Waals surface area contributed by atoms with Crippen LogP contribution in [0.5, 0.6) is 5.75 Å². The van der Waals surface area contributed by atoms with Crippen molar-refractivity contribution in [1.82, 2.24) is 15.1 Å². The van der Waals surface area contributed by atoms with Gasteiger partial charge in [0.15, 0.2) is 0 Å². The van der Waals surface area contributed by atoms with Crippen LogP contribution in [0.1, 0.15) is 15.9 Å². The smallest absolute Gasteiger partial charge is 0.387 e. The van der Waals surface area contributed by atoms with Crippen LogP contribution in [0.15, 0.2) is 59.3 Å². The van der Waals surface area contributed by atoms with E-state index in [1.54, 1.807) is 12.1 Å². The molecule has 1 aromatic heterocycles. The van der Waals surface area contributed by atoms with Crippen molar-refractivity contribution in [3.8, 4) is 11.4 Å². The van der Waals surface area contributed by atoms with E-state index in [0.717, 1.165) is 0 Å². The molecule has 0 aliphatic rings. The molecule has 29 heavy (non-hydrogen) atoms. The van der Waals surface area contributed by atoms with Crippen LogP contribution in [0.25, 0.3) is 5.69 Å². The number of benzene rings is 2. The second-order valence-electron chi connectivity index (χ2n) is 5.76. The molecule has 0 fully saturated rings. The molecule has 1 amide bonds. The molecule has 3 aromatic rings. The Hall–Kier alpha value is -3.34. The third-order valence-electron chi connectivity index (χ3n) is 3.85. The van der Waals surface area contributed by atoms with Gasteiger partial charge in [-0.2, -0.15) is 13.9 Å². The first kappa shape index (κ1) is 20.4.